The highest BCUT2D eigenvalue weighted by Gasteiger charge is 2.13. The molecule has 1 atom stereocenters. The molecule has 0 aliphatic rings. The van der Waals surface area contributed by atoms with Gasteiger partial charge < -0.3 is 0 Å². The van der Waals surface area contributed by atoms with Crippen LogP contribution in [0, 0.1) is 17.6 Å². The average Bonchev–Trinajstić information content (AvgIpc) is 2.44. The number of rotatable bonds is 5. The van der Waals surface area contributed by atoms with E-state index in [4.69, 9.17) is 11.6 Å². The van der Waals surface area contributed by atoms with Crippen LogP contribution in [0.4, 0.5) is 8.78 Å². The normalized spacial score (nSPS) is 12.4. The number of halogens is 4. The lowest BCUT2D eigenvalue weighted by Gasteiger charge is -2.15. The third-order valence-corrected chi connectivity index (χ3v) is 4.48. The van der Waals surface area contributed by atoms with Gasteiger partial charge >= 0.3 is 0 Å². The fraction of sp³-hybridized carbons (Fsp3) is 0.250. The van der Waals surface area contributed by atoms with Gasteiger partial charge in [0.1, 0.15) is 0 Å². The predicted octanol–water partition coefficient (Wildman–Crippen LogP) is 5.41. The zero-order chi connectivity index (χ0) is 14.5. The fourth-order valence-electron chi connectivity index (χ4n) is 2.16. The maximum absolute atomic E-state index is 13.2. The average molecular weight is 360 g/mol. The van der Waals surface area contributed by atoms with E-state index in [0.717, 1.165) is 27.9 Å². The Labute approximate surface area is 130 Å². The molecule has 0 bridgehead atoms. The van der Waals surface area contributed by atoms with Crippen molar-refractivity contribution in [2.75, 3.05) is 5.33 Å². The SMILES string of the molecule is Fc1ccc(CC(CBr)Cc2ccccc2Cl)cc1F. The van der Waals surface area contributed by atoms with Crippen LogP contribution in [0.5, 0.6) is 0 Å². The Morgan fingerprint density at radius 1 is 1.00 bits per heavy atom. The summed E-state index contributed by atoms with van der Waals surface area (Å²) in [7, 11) is 0. The predicted molar refractivity (Wildman–Crippen MR) is 82.5 cm³/mol. The van der Waals surface area contributed by atoms with Crippen molar-refractivity contribution >= 4 is 27.5 Å². The monoisotopic (exact) mass is 358 g/mol. The van der Waals surface area contributed by atoms with Crippen LogP contribution in [0.3, 0.4) is 0 Å². The van der Waals surface area contributed by atoms with Crippen LogP contribution >= 0.6 is 27.5 Å². The second-order valence-corrected chi connectivity index (χ2v) is 5.82. The zero-order valence-electron chi connectivity index (χ0n) is 10.8. The van der Waals surface area contributed by atoms with Crippen LogP contribution in [0.25, 0.3) is 0 Å². The van der Waals surface area contributed by atoms with Crippen LogP contribution in [-0.2, 0) is 12.8 Å². The Morgan fingerprint density at radius 3 is 2.40 bits per heavy atom. The van der Waals surface area contributed by atoms with E-state index in [9.17, 15) is 8.78 Å². The summed E-state index contributed by atoms with van der Waals surface area (Å²) >= 11 is 9.63. The maximum atomic E-state index is 13.2. The van der Waals surface area contributed by atoms with E-state index < -0.39 is 11.6 Å². The van der Waals surface area contributed by atoms with Gasteiger partial charge in [-0.3, -0.25) is 0 Å². The first-order valence-corrected chi connectivity index (χ1v) is 7.83. The summed E-state index contributed by atoms with van der Waals surface area (Å²) in [5.41, 5.74) is 1.86. The van der Waals surface area contributed by atoms with Crippen molar-refractivity contribution in [3.63, 3.8) is 0 Å². The molecule has 0 amide bonds. The van der Waals surface area contributed by atoms with Crippen molar-refractivity contribution in [3.05, 3.63) is 70.2 Å². The molecule has 0 heterocycles. The van der Waals surface area contributed by atoms with Crippen molar-refractivity contribution in [2.45, 2.75) is 12.8 Å². The Kier molecular flexibility index (Phi) is 5.55. The van der Waals surface area contributed by atoms with E-state index in [2.05, 4.69) is 15.9 Å². The second-order valence-electron chi connectivity index (χ2n) is 4.77. The van der Waals surface area contributed by atoms with Gasteiger partial charge in [-0.1, -0.05) is 51.8 Å². The Balaban J connectivity index is 2.09. The summed E-state index contributed by atoms with van der Waals surface area (Å²) in [4.78, 5) is 0. The maximum Gasteiger partial charge on any atom is 0.159 e. The molecule has 0 N–H and O–H groups in total. The van der Waals surface area contributed by atoms with E-state index >= 15 is 0 Å². The van der Waals surface area contributed by atoms with Crippen LogP contribution in [-0.4, -0.2) is 5.33 Å². The molecule has 20 heavy (non-hydrogen) atoms. The first-order chi connectivity index (χ1) is 9.60. The van der Waals surface area contributed by atoms with E-state index in [-0.39, 0.29) is 5.92 Å². The molecule has 0 radical (unpaired) electrons. The van der Waals surface area contributed by atoms with Gasteiger partial charge in [-0.2, -0.15) is 0 Å². The summed E-state index contributed by atoms with van der Waals surface area (Å²) in [6.07, 6.45) is 1.47. The first kappa shape index (κ1) is 15.5. The van der Waals surface area contributed by atoms with Gasteiger partial charge in [0.2, 0.25) is 0 Å². The molecule has 2 aromatic rings. The molecule has 0 saturated heterocycles. The summed E-state index contributed by atoms with van der Waals surface area (Å²) in [6, 6.07) is 11.8. The third kappa shape index (κ3) is 4.03. The van der Waals surface area contributed by atoms with E-state index in [1.54, 1.807) is 6.07 Å². The molecular formula is C16H14BrClF2. The molecule has 0 spiro atoms. The van der Waals surface area contributed by atoms with Crippen molar-refractivity contribution in [1.29, 1.82) is 0 Å². The Bertz CT molecular complexity index is 586. The Morgan fingerprint density at radius 2 is 1.75 bits per heavy atom. The quantitative estimate of drug-likeness (QED) is 0.626. The molecule has 0 aliphatic heterocycles. The number of hydrogen-bond acceptors (Lipinski definition) is 0. The van der Waals surface area contributed by atoms with Crippen LogP contribution in [0.15, 0.2) is 42.5 Å². The molecule has 106 valence electrons. The topological polar surface area (TPSA) is 0 Å². The van der Waals surface area contributed by atoms with Gasteiger partial charge in [-0.15, -0.1) is 0 Å². The zero-order valence-corrected chi connectivity index (χ0v) is 13.1. The molecule has 0 nitrogen and oxygen atoms in total. The molecule has 0 aromatic heterocycles. The molecule has 0 saturated carbocycles. The molecule has 2 rings (SSSR count). The standard InChI is InChI=1S/C16H14BrClF2/c17-10-12(8-13-3-1-2-4-14(13)18)7-11-5-6-15(19)16(20)9-11/h1-6,9,12H,7-8,10H2. The molecule has 1 unspecified atom stereocenters. The van der Waals surface area contributed by atoms with Gasteiger partial charge in [0.05, 0.1) is 0 Å². The largest absolute Gasteiger partial charge is 0.204 e. The lowest BCUT2D eigenvalue weighted by Crippen LogP contribution is -2.10. The van der Waals surface area contributed by atoms with Crippen molar-refractivity contribution in [1.82, 2.24) is 0 Å². The molecule has 0 aliphatic carbocycles. The minimum atomic E-state index is -0.810. The highest BCUT2D eigenvalue weighted by atomic mass is 79.9. The number of benzene rings is 2. The van der Waals surface area contributed by atoms with Crippen molar-refractivity contribution in [3.8, 4) is 0 Å². The molecular weight excluding hydrogens is 346 g/mol. The van der Waals surface area contributed by atoms with Crippen molar-refractivity contribution < 1.29 is 8.78 Å². The lowest BCUT2D eigenvalue weighted by molar-refractivity contribution is 0.504. The molecule has 0 fully saturated rings. The second kappa shape index (κ2) is 7.19. The van der Waals surface area contributed by atoms with E-state index in [1.165, 1.54) is 12.1 Å². The minimum Gasteiger partial charge on any atom is -0.204 e. The van der Waals surface area contributed by atoms with Gasteiger partial charge in [0.25, 0.3) is 0 Å². The van der Waals surface area contributed by atoms with Crippen molar-refractivity contribution in [2.24, 2.45) is 5.92 Å². The summed E-state index contributed by atoms with van der Waals surface area (Å²) in [6.45, 7) is 0. The van der Waals surface area contributed by atoms with Gasteiger partial charge in [-0.05, 0) is 48.1 Å². The summed E-state index contributed by atoms with van der Waals surface area (Å²) in [5, 5.41) is 1.51. The minimum absolute atomic E-state index is 0.278. The van der Waals surface area contributed by atoms with Gasteiger partial charge in [0.15, 0.2) is 11.6 Å². The number of hydrogen-bond donors (Lipinski definition) is 0. The molecule has 2 aromatic carbocycles. The van der Waals surface area contributed by atoms with Crippen LogP contribution in [0.2, 0.25) is 5.02 Å². The van der Waals surface area contributed by atoms with E-state index in [1.807, 2.05) is 24.3 Å². The highest BCUT2D eigenvalue weighted by molar-refractivity contribution is 9.09. The summed E-state index contributed by atoms with van der Waals surface area (Å²) < 4.78 is 26.1. The first-order valence-electron chi connectivity index (χ1n) is 6.33. The molecule has 4 heteroatoms. The van der Waals surface area contributed by atoms with E-state index in [0.29, 0.717) is 6.42 Å². The van der Waals surface area contributed by atoms with Gasteiger partial charge in [0, 0.05) is 10.4 Å². The Hall–Kier alpha value is -0.930. The van der Waals surface area contributed by atoms with Crippen LogP contribution < -0.4 is 0 Å². The number of alkyl halides is 1. The fourth-order valence-corrected chi connectivity index (χ4v) is 2.83. The lowest BCUT2D eigenvalue weighted by atomic mass is 9.94. The smallest absolute Gasteiger partial charge is 0.159 e. The van der Waals surface area contributed by atoms with Crippen LogP contribution in [0.1, 0.15) is 11.1 Å². The third-order valence-electron chi connectivity index (χ3n) is 3.19. The summed E-state index contributed by atoms with van der Waals surface area (Å²) in [5.74, 6) is -1.33. The van der Waals surface area contributed by atoms with Gasteiger partial charge in [-0.25, -0.2) is 8.78 Å². The highest BCUT2D eigenvalue weighted by Crippen LogP contribution is 2.23.